The Morgan fingerprint density at radius 1 is 1.00 bits per heavy atom. The summed E-state index contributed by atoms with van der Waals surface area (Å²) >= 11 is 0. The molecule has 0 atom stereocenters. The van der Waals surface area contributed by atoms with Gasteiger partial charge in [-0.15, -0.1) is 0 Å². The molecule has 0 saturated heterocycles. The lowest BCUT2D eigenvalue weighted by molar-refractivity contribution is 0.111. The van der Waals surface area contributed by atoms with Crippen molar-refractivity contribution in [2.24, 2.45) is 0 Å². The van der Waals surface area contributed by atoms with Gasteiger partial charge in [-0.3, -0.25) is 4.79 Å². The van der Waals surface area contributed by atoms with Gasteiger partial charge in [0.2, 0.25) is 11.6 Å². The summed E-state index contributed by atoms with van der Waals surface area (Å²) in [5.41, 5.74) is 0.0431. The van der Waals surface area contributed by atoms with Crippen LogP contribution in [-0.2, 0) is 9.47 Å². The number of benzene rings is 1. The standard InChI is InChI=1S/C14H19FO6/c1-17-4-6-20-11-8-10(9-16)13(19-3)12(15)14(11)21-7-5-18-2/h8-9H,4-7H2,1-3H3. The van der Waals surface area contributed by atoms with E-state index in [0.29, 0.717) is 12.9 Å². The highest BCUT2D eigenvalue weighted by atomic mass is 19.1. The molecule has 0 N–H and O–H groups in total. The van der Waals surface area contributed by atoms with E-state index in [2.05, 4.69) is 0 Å². The van der Waals surface area contributed by atoms with Crippen LogP contribution < -0.4 is 14.2 Å². The third-order valence-corrected chi connectivity index (χ3v) is 2.58. The summed E-state index contributed by atoms with van der Waals surface area (Å²) in [5, 5.41) is 0. The molecule has 0 amide bonds. The van der Waals surface area contributed by atoms with Gasteiger partial charge in [-0.25, -0.2) is 0 Å². The average Bonchev–Trinajstić information content (AvgIpc) is 2.49. The Bertz CT molecular complexity index is 463. The van der Waals surface area contributed by atoms with Gasteiger partial charge in [-0.05, 0) is 6.07 Å². The fourth-order valence-electron chi connectivity index (χ4n) is 1.61. The normalized spacial score (nSPS) is 10.3. The molecule has 0 aromatic heterocycles. The molecule has 0 spiro atoms. The van der Waals surface area contributed by atoms with Gasteiger partial charge in [0.05, 0.1) is 25.9 Å². The van der Waals surface area contributed by atoms with Crippen molar-refractivity contribution < 1.29 is 32.9 Å². The van der Waals surface area contributed by atoms with Crippen LogP contribution in [0.3, 0.4) is 0 Å². The second-order valence-corrected chi connectivity index (χ2v) is 3.94. The van der Waals surface area contributed by atoms with Crippen molar-refractivity contribution in [1.29, 1.82) is 0 Å². The second kappa shape index (κ2) is 9.15. The fraction of sp³-hybridized carbons (Fsp3) is 0.500. The molecule has 0 heterocycles. The molecule has 0 aliphatic carbocycles. The van der Waals surface area contributed by atoms with E-state index in [1.807, 2.05) is 0 Å². The first-order valence-corrected chi connectivity index (χ1v) is 6.28. The molecule has 1 aromatic carbocycles. The van der Waals surface area contributed by atoms with Gasteiger partial charge in [0, 0.05) is 14.2 Å². The maximum Gasteiger partial charge on any atom is 0.211 e. The van der Waals surface area contributed by atoms with E-state index >= 15 is 0 Å². The summed E-state index contributed by atoms with van der Waals surface area (Å²) < 4.78 is 39.7. The molecule has 0 fully saturated rings. The van der Waals surface area contributed by atoms with Crippen LogP contribution in [0.4, 0.5) is 4.39 Å². The van der Waals surface area contributed by atoms with Crippen LogP contribution in [0.5, 0.6) is 17.2 Å². The van der Waals surface area contributed by atoms with E-state index in [1.165, 1.54) is 27.4 Å². The third-order valence-electron chi connectivity index (χ3n) is 2.58. The summed E-state index contributed by atoms with van der Waals surface area (Å²) in [7, 11) is 4.30. The quantitative estimate of drug-likeness (QED) is 0.484. The van der Waals surface area contributed by atoms with E-state index in [4.69, 9.17) is 23.7 Å². The van der Waals surface area contributed by atoms with Gasteiger partial charge in [0.25, 0.3) is 0 Å². The van der Waals surface area contributed by atoms with Crippen LogP contribution in [0.15, 0.2) is 6.07 Å². The SMILES string of the molecule is COCCOc1cc(C=O)c(OC)c(F)c1OCCOC. The fourth-order valence-corrected chi connectivity index (χ4v) is 1.61. The Kier molecular flexibility index (Phi) is 7.49. The Morgan fingerprint density at radius 3 is 2.14 bits per heavy atom. The molecule has 0 aliphatic heterocycles. The first-order valence-electron chi connectivity index (χ1n) is 6.28. The molecule has 1 rings (SSSR count). The number of carbonyl (C=O) groups excluding carboxylic acids is 1. The monoisotopic (exact) mass is 302 g/mol. The smallest absolute Gasteiger partial charge is 0.211 e. The number of methoxy groups -OCH3 is 3. The summed E-state index contributed by atoms with van der Waals surface area (Å²) in [4.78, 5) is 11.0. The predicted molar refractivity (Wildman–Crippen MR) is 73.1 cm³/mol. The predicted octanol–water partition coefficient (Wildman–Crippen LogP) is 1.70. The van der Waals surface area contributed by atoms with Crippen molar-refractivity contribution >= 4 is 6.29 Å². The number of aldehydes is 1. The van der Waals surface area contributed by atoms with Gasteiger partial charge in [0.15, 0.2) is 17.8 Å². The lowest BCUT2D eigenvalue weighted by Crippen LogP contribution is -2.11. The van der Waals surface area contributed by atoms with Crippen LogP contribution in [0.25, 0.3) is 0 Å². The van der Waals surface area contributed by atoms with Crippen molar-refractivity contribution in [2.75, 3.05) is 47.8 Å². The number of ether oxygens (including phenoxy) is 5. The minimum absolute atomic E-state index is 0.0431. The molecule has 118 valence electrons. The topological polar surface area (TPSA) is 63.2 Å². The van der Waals surface area contributed by atoms with Crippen molar-refractivity contribution in [3.05, 3.63) is 17.4 Å². The van der Waals surface area contributed by atoms with E-state index in [0.717, 1.165) is 0 Å². The molecule has 21 heavy (non-hydrogen) atoms. The summed E-state index contributed by atoms with van der Waals surface area (Å²) in [6, 6.07) is 1.37. The average molecular weight is 302 g/mol. The summed E-state index contributed by atoms with van der Waals surface area (Å²) in [6.45, 7) is 0.940. The second-order valence-electron chi connectivity index (χ2n) is 3.94. The highest BCUT2D eigenvalue weighted by Crippen LogP contribution is 2.38. The number of rotatable bonds is 10. The maximum atomic E-state index is 14.4. The van der Waals surface area contributed by atoms with Crippen LogP contribution in [0.1, 0.15) is 10.4 Å². The van der Waals surface area contributed by atoms with E-state index < -0.39 is 5.82 Å². The van der Waals surface area contributed by atoms with Crippen LogP contribution in [0.2, 0.25) is 0 Å². The number of hydrogen-bond donors (Lipinski definition) is 0. The van der Waals surface area contributed by atoms with Crippen molar-refractivity contribution in [3.8, 4) is 17.2 Å². The highest BCUT2D eigenvalue weighted by molar-refractivity contribution is 5.81. The molecule has 0 aliphatic rings. The molecule has 7 heteroatoms. The molecular formula is C14H19FO6. The van der Waals surface area contributed by atoms with E-state index in [9.17, 15) is 9.18 Å². The van der Waals surface area contributed by atoms with Crippen molar-refractivity contribution in [2.45, 2.75) is 0 Å². The zero-order valence-corrected chi connectivity index (χ0v) is 12.3. The van der Waals surface area contributed by atoms with Gasteiger partial charge in [-0.2, -0.15) is 4.39 Å². The van der Waals surface area contributed by atoms with E-state index in [-0.39, 0.29) is 42.6 Å². The molecule has 0 bridgehead atoms. The van der Waals surface area contributed by atoms with Crippen molar-refractivity contribution in [1.82, 2.24) is 0 Å². The molecular weight excluding hydrogens is 283 g/mol. The van der Waals surface area contributed by atoms with E-state index in [1.54, 1.807) is 0 Å². The number of carbonyl (C=O) groups is 1. The van der Waals surface area contributed by atoms with Gasteiger partial charge in [0.1, 0.15) is 13.2 Å². The zero-order chi connectivity index (χ0) is 15.7. The minimum Gasteiger partial charge on any atom is -0.493 e. The lowest BCUT2D eigenvalue weighted by atomic mass is 10.2. The number of hydrogen-bond acceptors (Lipinski definition) is 6. The Labute approximate surface area is 122 Å². The van der Waals surface area contributed by atoms with Gasteiger partial charge in [-0.1, -0.05) is 0 Å². The minimum atomic E-state index is -0.786. The van der Waals surface area contributed by atoms with Crippen LogP contribution in [0, 0.1) is 5.82 Å². The van der Waals surface area contributed by atoms with Gasteiger partial charge >= 0.3 is 0 Å². The van der Waals surface area contributed by atoms with Gasteiger partial charge < -0.3 is 23.7 Å². The molecule has 1 aromatic rings. The molecule has 0 radical (unpaired) electrons. The molecule has 0 unspecified atom stereocenters. The lowest BCUT2D eigenvalue weighted by Gasteiger charge is -2.16. The summed E-state index contributed by atoms with van der Waals surface area (Å²) in [6.07, 6.45) is 0.490. The first kappa shape index (κ1) is 17.2. The van der Waals surface area contributed by atoms with Crippen molar-refractivity contribution in [3.63, 3.8) is 0 Å². The molecule has 0 saturated carbocycles. The first-order chi connectivity index (χ1) is 10.2. The van der Waals surface area contributed by atoms with Crippen LogP contribution in [-0.4, -0.2) is 54.0 Å². The third kappa shape index (κ3) is 4.57. The molecule has 6 nitrogen and oxygen atoms in total. The number of halogens is 1. The summed E-state index contributed by atoms with van der Waals surface area (Å²) in [5.74, 6) is -0.976. The van der Waals surface area contributed by atoms with Crippen LogP contribution >= 0.6 is 0 Å². The zero-order valence-electron chi connectivity index (χ0n) is 12.3. The Balaban J connectivity index is 3.10. The largest absolute Gasteiger partial charge is 0.493 e. The maximum absolute atomic E-state index is 14.4. The highest BCUT2D eigenvalue weighted by Gasteiger charge is 2.21. The Hall–Kier alpha value is -1.86. The Morgan fingerprint density at radius 2 is 1.62 bits per heavy atom.